The van der Waals surface area contributed by atoms with Gasteiger partial charge in [-0.1, -0.05) is 0 Å². The molecule has 0 aliphatic heterocycles. The Morgan fingerprint density at radius 1 is 1.50 bits per heavy atom. The van der Waals surface area contributed by atoms with Crippen molar-refractivity contribution in [3.05, 3.63) is 24.1 Å². The Morgan fingerprint density at radius 3 is 3.30 bits per heavy atom. The van der Waals surface area contributed by atoms with Gasteiger partial charge in [-0.05, 0) is 0 Å². The summed E-state index contributed by atoms with van der Waals surface area (Å²) in [4.78, 5) is 6.75. The summed E-state index contributed by atoms with van der Waals surface area (Å²) in [5, 5.41) is 7.07. The molecule has 0 spiro atoms. The van der Waals surface area contributed by atoms with Crippen molar-refractivity contribution < 1.29 is 4.42 Å². The quantitative estimate of drug-likeness (QED) is 0.556. The topological polar surface area (TPSA) is 65.7 Å². The van der Waals surface area contributed by atoms with Crippen LogP contribution in [0.5, 0.6) is 0 Å². The summed E-state index contributed by atoms with van der Waals surface area (Å²) in [5.41, 5.74) is 1.44. The largest absolute Gasteiger partial charge is 0.434 e. The molecule has 0 saturated heterocycles. The van der Waals surface area contributed by atoms with E-state index in [9.17, 15) is 0 Å². The maximum absolute atomic E-state index is 7.07. The minimum atomic E-state index is 0.0760. The van der Waals surface area contributed by atoms with Crippen molar-refractivity contribution in [1.82, 2.24) is 9.97 Å². The van der Waals surface area contributed by atoms with Crippen molar-refractivity contribution in [3.8, 4) is 0 Å². The van der Waals surface area contributed by atoms with Gasteiger partial charge in [0.1, 0.15) is 5.52 Å². The molecule has 2 aromatic rings. The lowest BCUT2D eigenvalue weighted by Gasteiger charge is -1.83. The van der Waals surface area contributed by atoms with Gasteiger partial charge in [0.25, 0.3) is 0 Å². The first kappa shape index (κ1) is 5.22. The molecule has 0 aliphatic rings. The van der Waals surface area contributed by atoms with Gasteiger partial charge in [-0.3, -0.25) is 5.41 Å². The first-order chi connectivity index (χ1) is 4.86. The molecule has 0 radical (unpaired) electrons. The first-order valence-corrected chi connectivity index (χ1v) is 2.83. The fourth-order valence-corrected chi connectivity index (χ4v) is 0.797. The zero-order valence-corrected chi connectivity index (χ0v) is 5.09. The predicted octanol–water partition coefficient (Wildman–Crippen LogP) is 0.635. The van der Waals surface area contributed by atoms with Crippen LogP contribution in [0.25, 0.3) is 11.1 Å². The van der Waals surface area contributed by atoms with E-state index in [1.54, 1.807) is 12.4 Å². The number of rotatable bonds is 0. The summed E-state index contributed by atoms with van der Waals surface area (Å²) < 4.78 is 4.97. The highest BCUT2D eigenvalue weighted by Crippen LogP contribution is 2.04. The summed E-state index contributed by atoms with van der Waals surface area (Å²) in [6.07, 6.45) is 4.76. The van der Waals surface area contributed by atoms with Gasteiger partial charge in [0.2, 0.25) is 5.55 Å². The van der Waals surface area contributed by atoms with Gasteiger partial charge in [0.15, 0.2) is 5.58 Å². The summed E-state index contributed by atoms with van der Waals surface area (Å²) in [6, 6.07) is 0. The average molecular weight is 135 g/mol. The molecule has 0 aromatic carbocycles. The lowest BCUT2D eigenvalue weighted by atomic mass is 10.5. The fraction of sp³-hybridized carbons (Fsp3) is 0. The van der Waals surface area contributed by atoms with Gasteiger partial charge in [-0.25, -0.2) is 4.98 Å². The molecule has 2 rings (SSSR count). The third-order valence-corrected chi connectivity index (χ3v) is 1.23. The van der Waals surface area contributed by atoms with Crippen LogP contribution in [0.3, 0.4) is 0 Å². The minimum Gasteiger partial charge on any atom is -0.434 e. The van der Waals surface area contributed by atoms with Crippen LogP contribution in [-0.2, 0) is 0 Å². The van der Waals surface area contributed by atoms with E-state index in [4.69, 9.17) is 9.83 Å². The first-order valence-electron chi connectivity index (χ1n) is 2.83. The Bertz CT molecular complexity index is 400. The van der Waals surface area contributed by atoms with E-state index in [0.29, 0.717) is 5.58 Å². The van der Waals surface area contributed by atoms with Crippen LogP contribution in [0, 0.1) is 5.41 Å². The number of hydrogen-bond acceptors (Lipinski definition) is 3. The van der Waals surface area contributed by atoms with Gasteiger partial charge in [-0.15, -0.1) is 0 Å². The second kappa shape index (κ2) is 1.70. The van der Waals surface area contributed by atoms with Crippen LogP contribution in [0.4, 0.5) is 0 Å². The van der Waals surface area contributed by atoms with Crippen LogP contribution in [0.2, 0.25) is 0 Å². The minimum absolute atomic E-state index is 0.0760. The molecular weight excluding hydrogens is 130 g/mol. The molecule has 2 heterocycles. The van der Waals surface area contributed by atoms with Gasteiger partial charge in [0, 0.05) is 12.4 Å². The second-order valence-corrected chi connectivity index (χ2v) is 1.93. The molecule has 4 heteroatoms. The van der Waals surface area contributed by atoms with Gasteiger partial charge in [0.05, 0.1) is 6.20 Å². The van der Waals surface area contributed by atoms with Crippen molar-refractivity contribution >= 4 is 11.1 Å². The SMILES string of the molecule is N=c1cnc2c[nH]cc2o1. The maximum atomic E-state index is 7.07. The summed E-state index contributed by atoms with van der Waals surface area (Å²) >= 11 is 0. The highest BCUT2D eigenvalue weighted by molar-refractivity contribution is 5.69. The molecule has 10 heavy (non-hydrogen) atoms. The lowest BCUT2D eigenvalue weighted by molar-refractivity contribution is 0.527. The summed E-state index contributed by atoms with van der Waals surface area (Å²) in [6.45, 7) is 0. The Kier molecular flexibility index (Phi) is 0.887. The zero-order valence-electron chi connectivity index (χ0n) is 5.09. The van der Waals surface area contributed by atoms with Crippen molar-refractivity contribution in [2.75, 3.05) is 0 Å². The number of fused-ring (bicyclic) bond motifs is 1. The smallest absolute Gasteiger partial charge is 0.230 e. The highest BCUT2D eigenvalue weighted by Gasteiger charge is 1.94. The molecule has 0 fully saturated rings. The molecule has 0 amide bonds. The molecule has 0 aliphatic carbocycles. The number of aromatic amines is 1. The summed E-state index contributed by atoms with van der Waals surface area (Å²) in [5.74, 6) is 0. The van der Waals surface area contributed by atoms with Crippen LogP contribution in [0.15, 0.2) is 23.0 Å². The predicted molar refractivity (Wildman–Crippen MR) is 34.2 cm³/mol. The second-order valence-electron chi connectivity index (χ2n) is 1.93. The van der Waals surface area contributed by atoms with E-state index < -0.39 is 0 Å². The molecule has 0 bridgehead atoms. The monoisotopic (exact) mass is 135 g/mol. The van der Waals surface area contributed by atoms with E-state index in [1.165, 1.54) is 6.20 Å². The van der Waals surface area contributed by atoms with E-state index in [-0.39, 0.29) is 5.55 Å². The van der Waals surface area contributed by atoms with Crippen molar-refractivity contribution in [1.29, 1.82) is 5.41 Å². The zero-order chi connectivity index (χ0) is 6.97. The van der Waals surface area contributed by atoms with E-state index >= 15 is 0 Å². The maximum Gasteiger partial charge on any atom is 0.230 e. The van der Waals surface area contributed by atoms with Crippen molar-refractivity contribution in [2.45, 2.75) is 0 Å². The Labute approximate surface area is 56.0 Å². The van der Waals surface area contributed by atoms with Crippen molar-refractivity contribution in [3.63, 3.8) is 0 Å². The molecular formula is C6H5N3O. The molecule has 0 saturated carbocycles. The van der Waals surface area contributed by atoms with E-state index in [2.05, 4.69) is 9.97 Å². The lowest BCUT2D eigenvalue weighted by Crippen LogP contribution is -1.95. The van der Waals surface area contributed by atoms with Crippen LogP contribution in [0.1, 0.15) is 0 Å². The number of aromatic nitrogens is 2. The number of H-pyrrole nitrogens is 1. The number of nitrogens with one attached hydrogen (secondary N) is 2. The molecule has 2 aromatic heterocycles. The van der Waals surface area contributed by atoms with Crippen LogP contribution >= 0.6 is 0 Å². The van der Waals surface area contributed by atoms with Gasteiger partial charge >= 0.3 is 0 Å². The third kappa shape index (κ3) is 0.621. The van der Waals surface area contributed by atoms with Crippen molar-refractivity contribution in [2.24, 2.45) is 0 Å². The fourth-order valence-electron chi connectivity index (χ4n) is 0.797. The third-order valence-electron chi connectivity index (χ3n) is 1.23. The molecule has 2 N–H and O–H groups in total. The Balaban J connectivity index is 2.99. The summed E-state index contributed by atoms with van der Waals surface area (Å²) in [7, 11) is 0. The van der Waals surface area contributed by atoms with Crippen LogP contribution < -0.4 is 5.55 Å². The van der Waals surface area contributed by atoms with Gasteiger partial charge < -0.3 is 9.40 Å². The van der Waals surface area contributed by atoms with E-state index in [1.807, 2.05) is 0 Å². The standard InChI is InChI=1S/C6H5N3O/c7-6-3-9-4-1-8-2-5(4)10-6/h1-3,7-8H. The van der Waals surface area contributed by atoms with Crippen LogP contribution in [-0.4, -0.2) is 9.97 Å². The Hall–Kier alpha value is -1.58. The Morgan fingerprint density at radius 2 is 2.40 bits per heavy atom. The normalized spacial score (nSPS) is 10.4. The average Bonchev–Trinajstić information content (AvgIpc) is 2.33. The highest BCUT2D eigenvalue weighted by atomic mass is 16.3. The molecule has 4 nitrogen and oxygen atoms in total. The molecule has 50 valence electrons. The molecule has 0 unspecified atom stereocenters. The van der Waals surface area contributed by atoms with E-state index in [0.717, 1.165) is 5.52 Å². The van der Waals surface area contributed by atoms with Gasteiger partial charge in [-0.2, -0.15) is 0 Å². The number of nitrogens with zero attached hydrogens (tertiary/aromatic N) is 1. The number of hydrogen-bond donors (Lipinski definition) is 2. The molecule has 0 atom stereocenters.